The molecule has 0 fully saturated rings. The van der Waals surface area contributed by atoms with Crippen molar-refractivity contribution >= 4 is 0 Å². The average Bonchev–Trinajstić information content (AvgIpc) is 2.13. The van der Waals surface area contributed by atoms with Crippen molar-refractivity contribution in [1.82, 2.24) is 10.1 Å². The third kappa shape index (κ3) is 1.58. The van der Waals surface area contributed by atoms with Crippen molar-refractivity contribution in [2.24, 2.45) is 0 Å². The minimum atomic E-state index is -0.517. The first-order valence-electron chi connectivity index (χ1n) is 2.88. The van der Waals surface area contributed by atoms with Crippen LogP contribution in [0.25, 0.3) is 0 Å². The molecule has 1 rings (SSSR count). The van der Waals surface area contributed by atoms with Gasteiger partial charge in [0.05, 0.1) is 0 Å². The molecule has 0 amide bonds. The Balaban J connectivity index is 2.76. The molecule has 0 unspecified atom stereocenters. The zero-order valence-electron chi connectivity index (χ0n) is 5.68. The van der Waals surface area contributed by atoms with E-state index < -0.39 is 5.76 Å². The molecule has 0 aliphatic carbocycles. The van der Waals surface area contributed by atoms with Crippen LogP contribution in [0.5, 0.6) is 0 Å². The van der Waals surface area contributed by atoms with Crippen LogP contribution in [0.3, 0.4) is 0 Å². The Kier molecular flexibility index (Phi) is 1.71. The summed E-state index contributed by atoms with van der Waals surface area (Å²) in [4.78, 5) is 12.8. The van der Waals surface area contributed by atoms with Gasteiger partial charge in [0, 0.05) is 6.42 Å². The van der Waals surface area contributed by atoms with Crippen molar-refractivity contribution in [2.45, 2.75) is 13.3 Å². The molecular weight excluding hydrogens is 132 g/mol. The highest BCUT2D eigenvalue weighted by Crippen LogP contribution is 1.95. The zero-order chi connectivity index (χ0) is 7.56. The molecule has 0 saturated heterocycles. The van der Waals surface area contributed by atoms with Crippen molar-refractivity contribution in [3.8, 4) is 0 Å². The first-order valence-corrected chi connectivity index (χ1v) is 2.88. The predicted octanol–water partition coefficient (Wildman–Crippen LogP) is 0.481. The summed E-state index contributed by atoms with van der Waals surface area (Å²) in [5.74, 6) is 0.00810. The van der Waals surface area contributed by atoms with Gasteiger partial charge in [0.2, 0.25) is 0 Å². The van der Waals surface area contributed by atoms with E-state index in [2.05, 4.69) is 21.2 Å². The van der Waals surface area contributed by atoms with E-state index in [0.717, 1.165) is 5.57 Å². The molecule has 1 aromatic rings. The number of allylic oxidation sites excluding steroid dienone is 1. The molecule has 54 valence electrons. The van der Waals surface area contributed by atoms with E-state index >= 15 is 0 Å². The number of hydrogen-bond donors (Lipinski definition) is 1. The normalized spacial score (nSPS) is 9.70. The van der Waals surface area contributed by atoms with E-state index in [-0.39, 0.29) is 0 Å². The van der Waals surface area contributed by atoms with Crippen LogP contribution in [-0.2, 0) is 6.42 Å². The van der Waals surface area contributed by atoms with Gasteiger partial charge >= 0.3 is 5.76 Å². The lowest BCUT2D eigenvalue weighted by molar-refractivity contribution is 0.382. The second-order valence-electron chi connectivity index (χ2n) is 2.18. The molecule has 4 heteroatoms. The Bertz CT molecular complexity index is 284. The molecule has 1 heterocycles. The van der Waals surface area contributed by atoms with Crippen molar-refractivity contribution in [2.75, 3.05) is 0 Å². The number of rotatable bonds is 2. The molecule has 4 nitrogen and oxygen atoms in total. The van der Waals surface area contributed by atoms with Crippen LogP contribution >= 0.6 is 0 Å². The Labute approximate surface area is 57.5 Å². The third-order valence-corrected chi connectivity index (χ3v) is 0.954. The minimum absolute atomic E-state index is 0.517. The van der Waals surface area contributed by atoms with Crippen LogP contribution < -0.4 is 5.76 Å². The first-order chi connectivity index (χ1) is 4.68. The topological polar surface area (TPSA) is 58.9 Å². The quantitative estimate of drug-likeness (QED) is 0.608. The van der Waals surface area contributed by atoms with Gasteiger partial charge in [0.25, 0.3) is 0 Å². The van der Waals surface area contributed by atoms with Gasteiger partial charge in [0.1, 0.15) is 0 Å². The lowest BCUT2D eigenvalue weighted by atomic mass is 10.2. The summed E-state index contributed by atoms with van der Waals surface area (Å²) in [7, 11) is 0. The highest BCUT2D eigenvalue weighted by atomic mass is 16.5. The fourth-order valence-corrected chi connectivity index (χ4v) is 0.622. The van der Waals surface area contributed by atoms with Gasteiger partial charge < -0.3 is 0 Å². The predicted molar refractivity (Wildman–Crippen MR) is 35.6 cm³/mol. The smallest absolute Gasteiger partial charge is 0.296 e. The van der Waals surface area contributed by atoms with Crippen LogP contribution in [0.15, 0.2) is 21.5 Å². The SMILES string of the molecule is C=C(C)Cc1noc(=O)[nH]1. The zero-order valence-corrected chi connectivity index (χ0v) is 5.68. The van der Waals surface area contributed by atoms with Crippen LogP contribution in [0.1, 0.15) is 12.7 Å². The van der Waals surface area contributed by atoms with Gasteiger partial charge in [-0.05, 0) is 6.92 Å². The van der Waals surface area contributed by atoms with Crippen molar-refractivity contribution in [3.05, 3.63) is 28.5 Å². The first kappa shape index (κ1) is 6.80. The van der Waals surface area contributed by atoms with Crippen LogP contribution in [0.2, 0.25) is 0 Å². The molecular formula is C6H8N2O2. The van der Waals surface area contributed by atoms with Crippen molar-refractivity contribution in [3.63, 3.8) is 0 Å². The number of aromatic amines is 1. The van der Waals surface area contributed by atoms with E-state index in [4.69, 9.17) is 0 Å². The van der Waals surface area contributed by atoms with Gasteiger partial charge in [0.15, 0.2) is 5.82 Å². The maximum atomic E-state index is 10.4. The Morgan fingerprint density at radius 1 is 1.90 bits per heavy atom. The molecule has 0 aromatic carbocycles. The molecule has 0 aliphatic rings. The largest absolute Gasteiger partial charge is 0.438 e. The summed E-state index contributed by atoms with van der Waals surface area (Å²) < 4.78 is 4.26. The molecule has 0 saturated carbocycles. The van der Waals surface area contributed by atoms with E-state index in [1.54, 1.807) is 0 Å². The van der Waals surface area contributed by atoms with E-state index in [1.165, 1.54) is 0 Å². The van der Waals surface area contributed by atoms with Gasteiger partial charge in [-0.15, -0.1) is 0 Å². The summed E-state index contributed by atoms with van der Waals surface area (Å²) in [5.41, 5.74) is 0.935. The number of aromatic nitrogens is 2. The molecule has 0 spiro atoms. The summed E-state index contributed by atoms with van der Waals surface area (Å²) >= 11 is 0. The maximum Gasteiger partial charge on any atom is 0.438 e. The maximum absolute atomic E-state index is 10.4. The molecule has 10 heavy (non-hydrogen) atoms. The van der Waals surface area contributed by atoms with Crippen molar-refractivity contribution < 1.29 is 4.52 Å². The number of H-pyrrole nitrogens is 1. The van der Waals surface area contributed by atoms with Gasteiger partial charge in [-0.25, -0.2) is 4.79 Å². The highest BCUT2D eigenvalue weighted by molar-refractivity contribution is 4.98. The summed E-state index contributed by atoms with van der Waals surface area (Å²) in [6, 6.07) is 0. The van der Waals surface area contributed by atoms with Crippen LogP contribution in [-0.4, -0.2) is 10.1 Å². The number of nitrogens with zero attached hydrogens (tertiary/aromatic N) is 1. The van der Waals surface area contributed by atoms with E-state index in [9.17, 15) is 4.79 Å². The molecule has 0 bridgehead atoms. The molecule has 0 radical (unpaired) electrons. The Hall–Kier alpha value is -1.32. The van der Waals surface area contributed by atoms with Gasteiger partial charge in [-0.1, -0.05) is 17.3 Å². The fraction of sp³-hybridized carbons (Fsp3) is 0.333. The Morgan fingerprint density at radius 3 is 3.00 bits per heavy atom. The summed E-state index contributed by atoms with van der Waals surface area (Å²) in [5, 5.41) is 3.45. The van der Waals surface area contributed by atoms with Crippen LogP contribution in [0, 0.1) is 0 Å². The summed E-state index contributed by atoms with van der Waals surface area (Å²) in [6.45, 7) is 5.51. The second-order valence-corrected chi connectivity index (χ2v) is 2.18. The van der Waals surface area contributed by atoms with Crippen LogP contribution in [0.4, 0.5) is 0 Å². The van der Waals surface area contributed by atoms with E-state index in [1.807, 2.05) is 6.92 Å². The number of nitrogens with one attached hydrogen (secondary N) is 1. The number of hydrogen-bond acceptors (Lipinski definition) is 3. The standard InChI is InChI=1S/C6H8N2O2/c1-4(2)3-5-7-6(9)10-8-5/h1,3H2,2H3,(H,7,8,9). The second kappa shape index (κ2) is 2.51. The monoisotopic (exact) mass is 140 g/mol. The average molecular weight is 140 g/mol. The van der Waals surface area contributed by atoms with E-state index in [0.29, 0.717) is 12.2 Å². The molecule has 0 aliphatic heterocycles. The lowest BCUT2D eigenvalue weighted by Crippen LogP contribution is -1.97. The van der Waals surface area contributed by atoms with Crippen molar-refractivity contribution in [1.29, 1.82) is 0 Å². The summed E-state index contributed by atoms with van der Waals surface area (Å²) in [6.07, 6.45) is 0.561. The molecule has 1 aromatic heterocycles. The van der Waals surface area contributed by atoms with Gasteiger partial charge in [-0.3, -0.25) is 9.51 Å². The molecule has 0 atom stereocenters. The highest BCUT2D eigenvalue weighted by Gasteiger charge is 1.98. The third-order valence-electron chi connectivity index (χ3n) is 0.954. The fourth-order valence-electron chi connectivity index (χ4n) is 0.622. The van der Waals surface area contributed by atoms with Gasteiger partial charge in [-0.2, -0.15) is 0 Å². The Morgan fingerprint density at radius 2 is 2.60 bits per heavy atom. The lowest BCUT2D eigenvalue weighted by Gasteiger charge is -1.88. The minimum Gasteiger partial charge on any atom is -0.296 e. The molecule has 1 N–H and O–H groups in total.